The summed E-state index contributed by atoms with van der Waals surface area (Å²) in [6, 6.07) is 17.2. The van der Waals surface area contributed by atoms with E-state index in [1.165, 1.54) is 43.0 Å². The van der Waals surface area contributed by atoms with Crippen LogP contribution < -0.4 is 0 Å². The van der Waals surface area contributed by atoms with Crippen LogP contribution in [0.3, 0.4) is 0 Å². The van der Waals surface area contributed by atoms with Crippen molar-refractivity contribution in [3.8, 4) is 0 Å². The molecule has 0 unspecified atom stereocenters. The molecule has 2 N–H and O–H groups in total. The fraction of sp³-hybridized carbons (Fsp3) is 0.158. The van der Waals surface area contributed by atoms with Crippen molar-refractivity contribution in [2.75, 3.05) is 0 Å². The molecule has 3 heterocycles. The Balaban J connectivity index is 1.90. The Morgan fingerprint density at radius 1 is 0.727 bits per heavy atom. The van der Waals surface area contributed by atoms with Crippen molar-refractivity contribution in [1.82, 2.24) is 9.97 Å². The van der Waals surface area contributed by atoms with E-state index in [-0.39, 0.29) is 5.41 Å². The third-order valence-corrected chi connectivity index (χ3v) is 5.82. The molecule has 2 aromatic heterocycles. The molecule has 0 saturated carbocycles. The number of nitrogens with one attached hydrogen (secondary N) is 2. The fourth-order valence-electron chi connectivity index (χ4n) is 3.86. The highest BCUT2D eigenvalue weighted by Crippen LogP contribution is 2.53. The van der Waals surface area contributed by atoms with Crippen molar-refractivity contribution < 1.29 is 0 Å². The van der Waals surface area contributed by atoms with Crippen LogP contribution in [0.2, 0.25) is 0 Å². The molecular weight excluding hydrogens is 288 g/mol. The second-order valence-corrected chi connectivity index (χ2v) is 7.50. The van der Waals surface area contributed by atoms with Crippen LogP contribution in [-0.4, -0.2) is 9.97 Å². The van der Waals surface area contributed by atoms with E-state index in [0.29, 0.717) is 0 Å². The normalized spacial score (nSPS) is 15.9. The van der Waals surface area contributed by atoms with Gasteiger partial charge in [-0.3, -0.25) is 0 Å². The van der Waals surface area contributed by atoms with E-state index in [2.05, 4.69) is 72.3 Å². The number of aromatic nitrogens is 2. The molecule has 0 aliphatic carbocycles. The van der Waals surface area contributed by atoms with Gasteiger partial charge in [-0.25, -0.2) is 0 Å². The maximum atomic E-state index is 3.60. The lowest BCUT2D eigenvalue weighted by Gasteiger charge is -2.31. The number of hydrogen-bond donors (Lipinski definition) is 2. The maximum Gasteiger partial charge on any atom is 0.0836 e. The van der Waals surface area contributed by atoms with Crippen LogP contribution in [0.5, 0.6) is 0 Å². The lowest BCUT2D eigenvalue weighted by molar-refractivity contribution is 0.614. The topological polar surface area (TPSA) is 31.6 Å². The van der Waals surface area contributed by atoms with E-state index in [1.54, 1.807) is 0 Å². The van der Waals surface area contributed by atoms with Gasteiger partial charge in [0.1, 0.15) is 0 Å². The summed E-state index contributed by atoms with van der Waals surface area (Å²) >= 11 is 1.83. The lowest BCUT2D eigenvalue weighted by Crippen LogP contribution is -2.22. The van der Waals surface area contributed by atoms with Crippen molar-refractivity contribution in [3.63, 3.8) is 0 Å². The molecule has 3 heteroatoms. The Hall–Kier alpha value is -2.13. The van der Waals surface area contributed by atoms with Crippen LogP contribution >= 0.6 is 11.8 Å². The molecule has 0 bridgehead atoms. The standard InChI is InChI=1S/C19H16N2S/c1-19(2)15-11-7-3-5-9-13(11)20-17(15)22-18-16(19)12-8-4-6-10-14(12)21-18/h3-10,20-21H,1-2H3. The van der Waals surface area contributed by atoms with Crippen LogP contribution in [0.25, 0.3) is 21.8 Å². The summed E-state index contributed by atoms with van der Waals surface area (Å²) in [6.45, 7) is 4.68. The molecule has 4 aromatic rings. The summed E-state index contributed by atoms with van der Waals surface area (Å²) in [7, 11) is 0. The number of hydrogen-bond acceptors (Lipinski definition) is 1. The average molecular weight is 304 g/mol. The zero-order chi connectivity index (χ0) is 14.9. The van der Waals surface area contributed by atoms with Crippen LogP contribution in [-0.2, 0) is 5.41 Å². The minimum atomic E-state index is -0.0187. The van der Waals surface area contributed by atoms with Crippen molar-refractivity contribution in [3.05, 3.63) is 59.7 Å². The van der Waals surface area contributed by atoms with Gasteiger partial charge in [0.15, 0.2) is 0 Å². The minimum Gasteiger partial charge on any atom is -0.349 e. The van der Waals surface area contributed by atoms with Crippen molar-refractivity contribution in [2.24, 2.45) is 0 Å². The summed E-state index contributed by atoms with van der Waals surface area (Å²) in [5.41, 5.74) is 5.27. The summed E-state index contributed by atoms with van der Waals surface area (Å²) < 4.78 is 0. The van der Waals surface area contributed by atoms with Crippen LogP contribution in [0, 0.1) is 0 Å². The van der Waals surface area contributed by atoms with Gasteiger partial charge >= 0.3 is 0 Å². The smallest absolute Gasteiger partial charge is 0.0836 e. The number of para-hydroxylation sites is 2. The molecule has 108 valence electrons. The number of aromatic amines is 2. The first-order chi connectivity index (χ1) is 10.7. The highest BCUT2D eigenvalue weighted by Gasteiger charge is 2.38. The highest BCUT2D eigenvalue weighted by molar-refractivity contribution is 7.99. The van der Waals surface area contributed by atoms with Crippen molar-refractivity contribution in [1.29, 1.82) is 0 Å². The molecule has 2 aromatic carbocycles. The van der Waals surface area contributed by atoms with E-state index >= 15 is 0 Å². The molecule has 5 rings (SSSR count). The van der Waals surface area contributed by atoms with E-state index < -0.39 is 0 Å². The molecule has 2 nitrogen and oxygen atoms in total. The molecule has 0 saturated heterocycles. The fourth-order valence-corrected chi connectivity index (χ4v) is 5.32. The Morgan fingerprint density at radius 3 is 1.68 bits per heavy atom. The Labute approximate surface area is 132 Å². The van der Waals surface area contributed by atoms with Gasteiger partial charge in [0.25, 0.3) is 0 Å². The molecule has 0 spiro atoms. The molecule has 0 fully saturated rings. The third kappa shape index (κ3) is 1.42. The van der Waals surface area contributed by atoms with Gasteiger partial charge in [-0.05, 0) is 12.1 Å². The molecule has 1 aliphatic heterocycles. The number of benzene rings is 2. The van der Waals surface area contributed by atoms with Gasteiger partial charge in [-0.15, -0.1) is 0 Å². The summed E-state index contributed by atoms with van der Waals surface area (Å²) in [4.78, 5) is 7.20. The predicted octanol–water partition coefficient (Wildman–Crippen LogP) is 5.44. The minimum absolute atomic E-state index is 0.0187. The number of fused-ring (bicyclic) bond motifs is 6. The summed E-state index contributed by atoms with van der Waals surface area (Å²) in [5, 5.41) is 5.22. The second-order valence-electron chi connectivity index (χ2n) is 6.48. The Morgan fingerprint density at radius 2 is 1.18 bits per heavy atom. The predicted molar refractivity (Wildman–Crippen MR) is 92.8 cm³/mol. The number of rotatable bonds is 0. The maximum absolute atomic E-state index is 3.60. The molecule has 1 aliphatic rings. The van der Waals surface area contributed by atoms with Crippen LogP contribution in [0.4, 0.5) is 0 Å². The summed E-state index contributed by atoms with van der Waals surface area (Å²) in [5.74, 6) is 0. The lowest BCUT2D eigenvalue weighted by atomic mass is 9.77. The Kier molecular flexibility index (Phi) is 2.25. The van der Waals surface area contributed by atoms with Gasteiger partial charge in [-0.1, -0.05) is 62.0 Å². The van der Waals surface area contributed by atoms with Gasteiger partial charge in [0.05, 0.1) is 10.1 Å². The van der Waals surface area contributed by atoms with Gasteiger partial charge in [-0.2, -0.15) is 0 Å². The van der Waals surface area contributed by atoms with Crippen molar-refractivity contribution in [2.45, 2.75) is 29.3 Å². The summed E-state index contributed by atoms with van der Waals surface area (Å²) in [6.07, 6.45) is 0. The highest BCUT2D eigenvalue weighted by atomic mass is 32.2. The third-order valence-electron chi connectivity index (χ3n) is 4.80. The molecule has 0 amide bonds. The zero-order valence-corrected chi connectivity index (χ0v) is 13.3. The van der Waals surface area contributed by atoms with E-state index in [0.717, 1.165) is 0 Å². The Bertz CT molecular complexity index is 954. The zero-order valence-electron chi connectivity index (χ0n) is 12.5. The quantitative estimate of drug-likeness (QED) is 0.445. The SMILES string of the molecule is CC1(C)c2c([nH]c3ccccc23)Sc2[nH]c3ccccc3c21. The molecule has 0 atom stereocenters. The van der Waals surface area contributed by atoms with E-state index in [9.17, 15) is 0 Å². The first-order valence-corrected chi connectivity index (χ1v) is 8.38. The monoisotopic (exact) mass is 304 g/mol. The van der Waals surface area contributed by atoms with Crippen LogP contribution in [0.1, 0.15) is 25.0 Å². The average Bonchev–Trinajstić information content (AvgIpc) is 3.05. The first-order valence-electron chi connectivity index (χ1n) is 7.56. The second kappa shape index (κ2) is 3.99. The first kappa shape index (κ1) is 12.4. The van der Waals surface area contributed by atoms with Gasteiger partial charge in [0.2, 0.25) is 0 Å². The van der Waals surface area contributed by atoms with Crippen molar-refractivity contribution >= 4 is 33.6 Å². The van der Waals surface area contributed by atoms with Gasteiger partial charge in [0, 0.05) is 38.3 Å². The molecule has 22 heavy (non-hydrogen) atoms. The molecular formula is C19H16N2S. The van der Waals surface area contributed by atoms with E-state index in [4.69, 9.17) is 0 Å². The van der Waals surface area contributed by atoms with E-state index in [1.807, 2.05) is 11.8 Å². The van der Waals surface area contributed by atoms with Crippen LogP contribution in [0.15, 0.2) is 58.6 Å². The number of H-pyrrole nitrogens is 2. The largest absolute Gasteiger partial charge is 0.349 e. The molecule has 0 radical (unpaired) electrons. The van der Waals surface area contributed by atoms with Gasteiger partial charge < -0.3 is 9.97 Å².